The number of nitrogens with zero attached hydrogens (tertiary/aromatic N) is 1. The van der Waals surface area contributed by atoms with Crippen molar-refractivity contribution in [3.8, 4) is 0 Å². The van der Waals surface area contributed by atoms with Crippen molar-refractivity contribution < 1.29 is 4.79 Å². The summed E-state index contributed by atoms with van der Waals surface area (Å²) in [6, 6.07) is 3.39. The molecule has 1 fully saturated rings. The van der Waals surface area contributed by atoms with Crippen LogP contribution in [0.5, 0.6) is 0 Å². The SMILES string of the molecule is O=C(Nc1cc(Cl)ccn1)NC1CCCCC1. The van der Waals surface area contributed by atoms with E-state index in [0.717, 1.165) is 12.8 Å². The highest BCUT2D eigenvalue weighted by atomic mass is 35.5. The van der Waals surface area contributed by atoms with Crippen molar-refractivity contribution >= 4 is 23.4 Å². The molecule has 5 heteroatoms. The van der Waals surface area contributed by atoms with Gasteiger partial charge < -0.3 is 5.32 Å². The maximum atomic E-state index is 11.7. The van der Waals surface area contributed by atoms with Gasteiger partial charge in [-0.05, 0) is 25.0 Å². The van der Waals surface area contributed by atoms with Gasteiger partial charge in [0.05, 0.1) is 0 Å². The predicted molar refractivity (Wildman–Crippen MR) is 68.3 cm³/mol. The van der Waals surface area contributed by atoms with E-state index < -0.39 is 0 Å². The molecule has 1 aliphatic rings. The van der Waals surface area contributed by atoms with Gasteiger partial charge in [0.2, 0.25) is 0 Å². The van der Waals surface area contributed by atoms with Crippen LogP contribution in [-0.4, -0.2) is 17.1 Å². The molecule has 0 spiro atoms. The van der Waals surface area contributed by atoms with E-state index in [2.05, 4.69) is 15.6 Å². The zero-order valence-electron chi connectivity index (χ0n) is 9.58. The van der Waals surface area contributed by atoms with E-state index in [1.165, 1.54) is 19.3 Å². The molecule has 2 amide bonds. The molecular formula is C12H16ClN3O. The number of amides is 2. The van der Waals surface area contributed by atoms with Crippen molar-refractivity contribution in [2.24, 2.45) is 0 Å². The molecule has 92 valence electrons. The van der Waals surface area contributed by atoms with Crippen LogP contribution < -0.4 is 10.6 Å². The zero-order valence-corrected chi connectivity index (χ0v) is 10.3. The van der Waals surface area contributed by atoms with Gasteiger partial charge in [0, 0.05) is 17.3 Å². The van der Waals surface area contributed by atoms with Gasteiger partial charge in [0.1, 0.15) is 5.82 Å². The lowest BCUT2D eigenvalue weighted by Crippen LogP contribution is -2.39. The summed E-state index contributed by atoms with van der Waals surface area (Å²) in [7, 11) is 0. The second-order valence-electron chi connectivity index (χ2n) is 4.29. The predicted octanol–water partition coefficient (Wildman–Crippen LogP) is 3.19. The number of hydrogen-bond donors (Lipinski definition) is 2. The Bertz CT molecular complexity index is 391. The molecule has 17 heavy (non-hydrogen) atoms. The molecule has 2 N–H and O–H groups in total. The Morgan fingerprint density at radius 1 is 1.35 bits per heavy atom. The van der Waals surface area contributed by atoms with Gasteiger partial charge in [0.15, 0.2) is 0 Å². The molecule has 1 aliphatic carbocycles. The van der Waals surface area contributed by atoms with E-state index in [-0.39, 0.29) is 6.03 Å². The average Bonchev–Trinajstić information content (AvgIpc) is 2.30. The second-order valence-corrected chi connectivity index (χ2v) is 4.73. The number of rotatable bonds is 2. The van der Waals surface area contributed by atoms with Crippen molar-refractivity contribution in [3.63, 3.8) is 0 Å². The molecule has 1 aromatic heterocycles. The summed E-state index contributed by atoms with van der Waals surface area (Å²) in [5, 5.41) is 6.20. The number of pyridine rings is 1. The van der Waals surface area contributed by atoms with Gasteiger partial charge in [-0.2, -0.15) is 0 Å². The van der Waals surface area contributed by atoms with Gasteiger partial charge >= 0.3 is 6.03 Å². The third kappa shape index (κ3) is 3.89. The molecule has 2 rings (SSSR count). The average molecular weight is 254 g/mol. The van der Waals surface area contributed by atoms with Crippen LogP contribution in [0.25, 0.3) is 0 Å². The molecule has 1 aromatic rings. The Balaban J connectivity index is 1.84. The maximum absolute atomic E-state index is 11.7. The Morgan fingerprint density at radius 2 is 2.12 bits per heavy atom. The lowest BCUT2D eigenvalue weighted by molar-refractivity contribution is 0.244. The second kappa shape index (κ2) is 5.87. The summed E-state index contributed by atoms with van der Waals surface area (Å²) in [6.07, 6.45) is 7.36. The third-order valence-corrected chi connectivity index (χ3v) is 3.14. The van der Waals surface area contributed by atoms with Crippen LogP contribution in [0.3, 0.4) is 0 Å². The highest BCUT2D eigenvalue weighted by molar-refractivity contribution is 6.30. The number of anilines is 1. The summed E-state index contributed by atoms with van der Waals surface area (Å²) in [5.74, 6) is 0.478. The van der Waals surface area contributed by atoms with E-state index in [0.29, 0.717) is 16.9 Å². The van der Waals surface area contributed by atoms with E-state index >= 15 is 0 Å². The van der Waals surface area contributed by atoms with Gasteiger partial charge in [-0.15, -0.1) is 0 Å². The fourth-order valence-corrected chi connectivity index (χ4v) is 2.22. The molecule has 4 nitrogen and oxygen atoms in total. The number of nitrogens with one attached hydrogen (secondary N) is 2. The normalized spacial score (nSPS) is 16.5. The summed E-state index contributed by atoms with van der Waals surface area (Å²) < 4.78 is 0. The Kier molecular flexibility index (Phi) is 4.20. The van der Waals surface area contributed by atoms with Crippen molar-refractivity contribution in [1.82, 2.24) is 10.3 Å². The summed E-state index contributed by atoms with van der Waals surface area (Å²) in [5.41, 5.74) is 0. The smallest absolute Gasteiger partial charge is 0.320 e. The van der Waals surface area contributed by atoms with E-state index in [1.807, 2.05) is 0 Å². The Hall–Kier alpha value is -1.29. The van der Waals surface area contributed by atoms with E-state index in [1.54, 1.807) is 18.3 Å². The van der Waals surface area contributed by atoms with Gasteiger partial charge in [-0.25, -0.2) is 9.78 Å². The van der Waals surface area contributed by atoms with Crippen LogP contribution in [0.1, 0.15) is 32.1 Å². The molecule has 1 heterocycles. The minimum atomic E-state index is -0.202. The molecule has 0 aromatic carbocycles. The molecule has 0 radical (unpaired) electrons. The summed E-state index contributed by atoms with van der Waals surface area (Å²) in [4.78, 5) is 15.7. The number of carbonyl (C=O) groups excluding carboxylic acids is 1. The molecule has 0 bridgehead atoms. The van der Waals surface area contributed by atoms with Gasteiger partial charge in [-0.1, -0.05) is 30.9 Å². The first-order valence-electron chi connectivity index (χ1n) is 5.93. The van der Waals surface area contributed by atoms with Crippen molar-refractivity contribution in [2.45, 2.75) is 38.1 Å². The summed E-state index contributed by atoms with van der Waals surface area (Å²) in [6.45, 7) is 0. The highest BCUT2D eigenvalue weighted by Crippen LogP contribution is 2.17. The van der Waals surface area contributed by atoms with Crippen LogP contribution in [0.2, 0.25) is 5.02 Å². The van der Waals surface area contributed by atoms with Crippen LogP contribution in [0, 0.1) is 0 Å². The minimum absolute atomic E-state index is 0.202. The number of halogens is 1. The lowest BCUT2D eigenvalue weighted by atomic mass is 9.96. The minimum Gasteiger partial charge on any atom is -0.335 e. The van der Waals surface area contributed by atoms with Crippen molar-refractivity contribution in [2.75, 3.05) is 5.32 Å². The fraction of sp³-hybridized carbons (Fsp3) is 0.500. The Labute approximate surface area is 106 Å². The molecular weight excluding hydrogens is 238 g/mol. The van der Waals surface area contributed by atoms with Crippen molar-refractivity contribution in [3.05, 3.63) is 23.4 Å². The first-order chi connectivity index (χ1) is 8.24. The van der Waals surface area contributed by atoms with Crippen LogP contribution in [0.4, 0.5) is 10.6 Å². The van der Waals surface area contributed by atoms with Crippen molar-refractivity contribution in [1.29, 1.82) is 0 Å². The topological polar surface area (TPSA) is 54.0 Å². The fourth-order valence-electron chi connectivity index (χ4n) is 2.06. The number of urea groups is 1. The van der Waals surface area contributed by atoms with Crippen LogP contribution in [-0.2, 0) is 0 Å². The number of aromatic nitrogens is 1. The largest absolute Gasteiger partial charge is 0.335 e. The summed E-state index contributed by atoms with van der Waals surface area (Å²) >= 11 is 5.81. The molecule has 0 aliphatic heterocycles. The lowest BCUT2D eigenvalue weighted by Gasteiger charge is -2.22. The zero-order chi connectivity index (χ0) is 12.1. The first-order valence-corrected chi connectivity index (χ1v) is 6.31. The van der Waals surface area contributed by atoms with E-state index in [9.17, 15) is 4.79 Å². The monoisotopic (exact) mass is 253 g/mol. The molecule has 1 saturated carbocycles. The van der Waals surface area contributed by atoms with Crippen LogP contribution >= 0.6 is 11.6 Å². The highest BCUT2D eigenvalue weighted by Gasteiger charge is 2.15. The first kappa shape index (κ1) is 12.2. The third-order valence-electron chi connectivity index (χ3n) is 2.90. The van der Waals surface area contributed by atoms with E-state index in [4.69, 9.17) is 11.6 Å². The molecule has 0 unspecified atom stereocenters. The van der Waals surface area contributed by atoms with Crippen LogP contribution in [0.15, 0.2) is 18.3 Å². The Morgan fingerprint density at radius 3 is 2.82 bits per heavy atom. The molecule has 0 atom stereocenters. The molecule has 0 saturated heterocycles. The maximum Gasteiger partial charge on any atom is 0.320 e. The standard InChI is InChI=1S/C12H16ClN3O/c13-9-6-7-14-11(8-9)16-12(17)15-10-4-2-1-3-5-10/h6-8,10H,1-5H2,(H2,14,15,16,17). The van der Waals surface area contributed by atoms with Gasteiger partial charge in [0.25, 0.3) is 0 Å². The van der Waals surface area contributed by atoms with Gasteiger partial charge in [-0.3, -0.25) is 5.32 Å². The number of hydrogen-bond acceptors (Lipinski definition) is 2. The number of carbonyl (C=O) groups is 1. The quantitative estimate of drug-likeness (QED) is 0.851.